The number of nitrogen functional groups attached to an aromatic ring is 1. The molecular weight excluding hydrogens is 378 g/mol. The number of rotatable bonds is 6. The maximum absolute atomic E-state index is 13.1. The Hall–Kier alpha value is -3.45. The van der Waals surface area contributed by atoms with E-state index in [9.17, 15) is 4.79 Å². The summed E-state index contributed by atoms with van der Waals surface area (Å²) in [5.41, 5.74) is 12.5. The molecule has 0 atom stereocenters. The summed E-state index contributed by atoms with van der Waals surface area (Å²) in [5.74, 6) is 0.0699. The zero-order chi connectivity index (χ0) is 21.3. The number of hydrogen-bond acceptors (Lipinski definition) is 5. The zero-order valence-electron chi connectivity index (χ0n) is 17.4. The van der Waals surface area contributed by atoms with E-state index >= 15 is 0 Å². The number of hydrogen-bond donors (Lipinski definition) is 2. The molecule has 154 valence electrons. The fourth-order valence-electron chi connectivity index (χ4n) is 3.61. The molecule has 4 aromatic rings. The first-order valence-electron chi connectivity index (χ1n) is 9.93. The van der Waals surface area contributed by atoms with Gasteiger partial charge in [0.25, 0.3) is 5.91 Å². The maximum Gasteiger partial charge on any atom is 0.257 e. The van der Waals surface area contributed by atoms with E-state index in [1.165, 1.54) is 0 Å². The number of methoxy groups -OCH3 is 1. The summed E-state index contributed by atoms with van der Waals surface area (Å²) in [6.07, 6.45) is 0.715. The molecule has 0 aliphatic heterocycles. The number of nitrogens with zero attached hydrogens (tertiary/aromatic N) is 3. The number of aromatic nitrogens is 3. The lowest BCUT2D eigenvalue weighted by Crippen LogP contribution is -2.26. The molecule has 0 unspecified atom stereocenters. The van der Waals surface area contributed by atoms with Crippen LogP contribution in [0, 0.1) is 13.8 Å². The van der Waals surface area contributed by atoms with Crippen molar-refractivity contribution < 1.29 is 9.53 Å². The SMILES string of the molecule is COCCCNC(=O)c1c(N)n(-c2cccc(C)c2C)c2nc3ccccc3nc12. The summed E-state index contributed by atoms with van der Waals surface area (Å²) in [5, 5.41) is 2.93. The molecule has 0 aliphatic rings. The van der Waals surface area contributed by atoms with Gasteiger partial charge in [-0.2, -0.15) is 0 Å². The van der Waals surface area contributed by atoms with E-state index in [0.29, 0.717) is 42.1 Å². The lowest BCUT2D eigenvalue weighted by atomic mass is 10.1. The average molecular weight is 403 g/mol. The summed E-state index contributed by atoms with van der Waals surface area (Å²) in [6, 6.07) is 13.6. The Labute approximate surface area is 174 Å². The van der Waals surface area contributed by atoms with E-state index in [0.717, 1.165) is 27.8 Å². The maximum atomic E-state index is 13.1. The zero-order valence-corrected chi connectivity index (χ0v) is 17.4. The van der Waals surface area contributed by atoms with Gasteiger partial charge in [-0.1, -0.05) is 24.3 Å². The molecule has 0 radical (unpaired) electrons. The van der Waals surface area contributed by atoms with Crippen molar-refractivity contribution in [1.82, 2.24) is 19.9 Å². The molecular formula is C23H25N5O2. The third-order valence-electron chi connectivity index (χ3n) is 5.35. The largest absolute Gasteiger partial charge is 0.385 e. The number of carbonyl (C=O) groups excluding carboxylic acids is 1. The number of para-hydroxylation sites is 2. The highest BCUT2D eigenvalue weighted by Gasteiger charge is 2.25. The van der Waals surface area contributed by atoms with Gasteiger partial charge >= 0.3 is 0 Å². The molecule has 1 amide bonds. The van der Waals surface area contributed by atoms with Gasteiger partial charge in [0, 0.05) is 20.3 Å². The molecule has 2 aromatic carbocycles. The average Bonchev–Trinajstić information content (AvgIpc) is 3.02. The van der Waals surface area contributed by atoms with Gasteiger partial charge in [-0.25, -0.2) is 9.97 Å². The van der Waals surface area contributed by atoms with Crippen LogP contribution in [0.15, 0.2) is 42.5 Å². The van der Waals surface area contributed by atoms with Crippen LogP contribution in [0.25, 0.3) is 27.9 Å². The third-order valence-corrected chi connectivity index (χ3v) is 5.35. The number of benzene rings is 2. The number of fused-ring (bicyclic) bond motifs is 2. The molecule has 2 aromatic heterocycles. The number of amides is 1. The first-order valence-corrected chi connectivity index (χ1v) is 9.93. The molecule has 3 N–H and O–H groups in total. The van der Waals surface area contributed by atoms with Gasteiger partial charge in [-0.05, 0) is 49.6 Å². The van der Waals surface area contributed by atoms with Crippen molar-refractivity contribution in [2.45, 2.75) is 20.3 Å². The number of carbonyl (C=O) groups is 1. The molecule has 2 heterocycles. The minimum Gasteiger partial charge on any atom is -0.385 e. The predicted octanol–water partition coefficient (Wildman–Crippen LogP) is 3.54. The number of nitrogens with two attached hydrogens (primary N) is 1. The second-order valence-corrected chi connectivity index (χ2v) is 7.30. The van der Waals surface area contributed by atoms with Gasteiger partial charge in [0.2, 0.25) is 0 Å². The second-order valence-electron chi connectivity index (χ2n) is 7.30. The number of aryl methyl sites for hydroxylation is 1. The molecule has 7 heteroatoms. The highest BCUT2D eigenvalue weighted by atomic mass is 16.5. The molecule has 30 heavy (non-hydrogen) atoms. The van der Waals surface area contributed by atoms with Crippen LogP contribution >= 0.6 is 0 Å². The van der Waals surface area contributed by atoms with Gasteiger partial charge in [0.1, 0.15) is 16.9 Å². The third kappa shape index (κ3) is 3.37. The van der Waals surface area contributed by atoms with Crippen molar-refractivity contribution in [3.63, 3.8) is 0 Å². The highest BCUT2D eigenvalue weighted by Crippen LogP contribution is 2.32. The minimum atomic E-state index is -0.262. The molecule has 0 aliphatic carbocycles. The normalized spacial score (nSPS) is 11.3. The van der Waals surface area contributed by atoms with Gasteiger partial charge in [0.15, 0.2) is 5.65 Å². The summed E-state index contributed by atoms with van der Waals surface area (Å²) in [7, 11) is 1.64. The van der Waals surface area contributed by atoms with Crippen molar-refractivity contribution in [1.29, 1.82) is 0 Å². The lowest BCUT2D eigenvalue weighted by Gasteiger charge is -2.13. The molecule has 0 spiro atoms. The van der Waals surface area contributed by atoms with Crippen LogP contribution in [-0.4, -0.2) is 40.7 Å². The van der Waals surface area contributed by atoms with Gasteiger partial charge in [-0.3, -0.25) is 9.36 Å². The highest BCUT2D eigenvalue weighted by molar-refractivity contribution is 6.11. The summed E-state index contributed by atoms with van der Waals surface area (Å²) < 4.78 is 6.89. The molecule has 0 bridgehead atoms. The number of ether oxygens (including phenoxy) is 1. The Balaban J connectivity index is 1.95. The second kappa shape index (κ2) is 8.12. The molecule has 0 saturated carbocycles. The summed E-state index contributed by atoms with van der Waals surface area (Å²) >= 11 is 0. The first-order chi connectivity index (χ1) is 14.5. The Bertz CT molecular complexity index is 1250. The Morgan fingerprint density at radius 2 is 1.83 bits per heavy atom. The van der Waals surface area contributed by atoms with E-state index in [4.69, 9.17) is 20.4 Å². The van der Waals surface area contributed by atoms with Crippen LogP contribution in [0.1, 0.15) is 27.9 Å². The van der Waals surface area contributed by atoms with Crippen molar-refractivity contribution >= 4 is 33.9 Å². The predicted molar refractivity (Wildman–Crippen MR) is 119 cm³/mol. The van der Waals surface area contributed by atoms with Crippen LogP contribution < -0.4 is 11.1 Å². The number of anilines is 1. The monoisotopic (exact) mass is 403 g/mol. The van der Waals surface area contributed by atoms with Crippen molar-refractivity contribution in [2.75, 3.05) is 26.0 Å². The van der Waals surface area contributed by atoms with Gasteiger partial charge in [-0.15, -0.1) is 0 Å². The van der Waals surface area contributed by atoms with Gasteiger partial charge < -0.3 is 15.8 Å². The summed E-state index contributed by atoms with van der Waals surface area (Å²) in [4.78, 5) is 22.6. The van der Waals surface area contributed by atoms with Crippen molar-refractivity contribution in [2.24, 2.45) is 0 Å². The van der Waals surface area contributed by atoms with Crippen molar-refractivity contribution in [3.05, 3.63) is 59.2 Å². The number of nitrogens with one attached hydrogen (secondary N) is 1. The Morgan fingerprint density at radius 3 is 2.57 bits per heavy atom. The fraction of sp³-hybridized carbons (Fsp3) is 0.261. The first kappa shape index (κ1) is 19.8. The van der Waals surface area contributed by atoms with Crippen LogP contribution in [0.2, 0.25) is 0 Å². The van der Waals surface area contributed by atoms with Crippen LogP contribution in [0.4, 0.5) is 5.82 Å². The molecule has 0 fully saturated rings. The quantitative estimate of drug-likeness (QED) is 0.480. The Kier molecular flexibility index (Phi) is 5.37. The van der Waals surface area contributed by atoms with Crippen molar-refractivity contribution in [3.8, 4) is 5.69 Å². The lowest BCUT2D eigenvalue weighted by molar-refractivity contribution is 0.0951. The van der Waals surface area contributed by atoms with E-state index in [1.807, 2.05) is 60.9 Å². The topological polar surface area (TPSA) is 95.1 Å². The summed E-state index contributed by atoms with van der Waals surface area (Å²) in [6.45, 7) is 5.15. The van der Waals surface area contributed by atoms with Gasteiger partial charge in [0.05, 0.1) is 16.7 Å². The fourth-order valence-corrected chi connectivity index (χ4v) is 3.61. The molecule has 0 saturated heterocycles. The Morgan fingerprint density at radius 1 is 1.10 bits per heavy atom. The smallest absolute Gasteiger partial charge is 0.257 e. The van der Waals surface area contributed by atoms with Crippen LogP contribution in [0.5, 0.6) is 0 Å². The van der Waals surface area contributed by atoms with Crippen LogP contribution in [-0.2, 0) is 4.74 Å². The standard InChI is InChI=1S/C23H25N5O2/c1-14-8-6-11-18(15(14)2)28-21(24)19(23(29)25-12-7-13-30-3)20-22(28)27-17-10-5-4-9-16(17)26-20/h4-6,8-11H,7,12-13,24H2,1-3H3,(H,25,29). The van der Waals surface area contributed by atoms with E-state index < -0.39 is 0 Å². The minimum absolute atomic E-state index is 0.262. The van der Waals surface area contributed by atoms with E-state index in [1.54, 1.807) is 7.11 Å². The van der Waals surface area contributed by atoms with E-state index in [-0.39, 0.29) is 5.91 Å². The molecule has 7 nitrogen and oxygen atoms in total. The van der Waals surface area contributed by atoms with E-state index in [2.05, 4.69) is 5.32 Å². The van der Waals surface area contributed by atoms with Crippen LogP contribution in [0.3, 0.4) is 0 Å². The molecule has 4 rings (SSSR count).